The maximum Gasteiger partial charge on any atom is 0.257 e. The van der Waals surface area contributed by atoms with Gasteiger partial charge in [-0.1, -0.05) is 12.1 Å². The average molecular weight is 370 g/mol. The van der Waals surface area contributed by atoms with Crippen LogP contribution in [0.4, 0.5) is 10.3 Å². The topological polar surface area (TPSA) is 58.1 Å². The molecule has 1 fully saturated rings. The lowest BCUT2D eigenvalue weighted by atomic mass is 9.91. The predicted octanol–water partition coefficient (Wildman–Crippen LogP) is 3.92. The number of hydrogen-bond acceptors (Lipinski definition) is 4. The maximum absolute atomic E-state index is 13.3. The Morgan fingerprint density at radius 1 is 1.33 bits per heavy atom. The number of carbonyl (C=O) groups excluding carboxylic acids is 1. The summed E-state index contributed by atoms with van der Waals surface area (Å²) in [6, 6.07) is 7.01. The molecule has 1 unspecified atom stereocenters. The van der Waals surface area contributed by atoms with Crippen LogP contribution in [-0.4, -0.2) is 39.9 Å². The standard InChI is InChI=1S/C21H27FN4O/c1-15(2)25-21-23-12-18(13-24-21)20(27)26-10-4-6-17(14-26)9-8-16-5-3-7-19(22)11-16/h3,5,7,11-13,15,17H,4,6,8-10,14H2,1-2H3,(H,23,24,25). The summed E-state index contributed by atoms with van der Waals surface area (Å²) >= 11 is 0. The molecule has 1 saturated heterocycles. The van der Waals surface area contributed by atoms with Gasteiger partial charge in [0, 0.05) is 31.5 Å². The van der Waals surface area contributed by atoms with Gasteiger partial charge in [0.05, 0.1) is 5.56 Å². The second-order valence-corrected chi connectivity index (χ2v) is 7.52. The molecule has 1 aromatic carbocycles. The summed E-state index contributed by atoms with van der Waals surface area (Å²) in [5.74, 6) is 0.770. The number of nitrogens with zero attached hydrogens (tertiary/aromatic N) is 3. The Kier molecular flexibility index (Phi) is 6.37. The van der Waals surface area contributed by atoms with E-state index in [0.717, 1.165) is 44.3 Å². The number of nitrogens with one attached hydrogen (secondary N) is 1. The fourth-order valence-electron chi connectivity index (χ4n) is 3.50. The Morgan fingerprint density at radius 2 is 2.11 bits per heavy atom. The quantitative estimate of drug-likeness (QED) is 0.837. The normalized spacial score (nSPS) is 17.2. The molecule has 6 heteroatoms. The molecule has 1 N–H and O–H groups in total. The van der Waals surface area contributed by atoms with Crippen molar-refractivity contribution in [2.45, 2.75) is 45.6 Å². The van der Waals surface area contributed by atoms with Crippen LogP contribution in [0.1, 0.15) is 49.0 Å². The maximum atomic E-state index is 13.3. The number of carbonyl (C=O) groups is 1. The fourth-order valence-corrected chi connectivity index (χ4v) is 3.50. The Labute approximate surface area is 160 Å². The van der Waals surface area contributed by atoms with Crippen molar-refractivity contribution in [3.8, 4) is 0 Å². The van der Waals surface area contributed by atoms with Crippen LogP contribution >= 0.6 is 0 Å². The third-order valence-corrected chi connectivity index (χ3v) is 4.85. The molecule has 0 bridgehead atoms. The average Bonchev–Trinajstić information content (AvgIpc) is 2.66. The van der Waals surface area contributed by atoms with Crippen LogP contribution in [0.2, 0.25) is 0 Å². The van der Waals surface area contributed by atoms with Crippen LogP contribution in [0.25, 0.3) is 0 Å². The zero-order chi connectivity index (χ0) is 19.2. The van der Waals surface area contributed by atoms with Gasteiger partial charge in [0.2, 0.25) is 5.95 Å². The van der Waals surface area contributed by atoms with Gasteiger partial charge in [0.25, 0.3) is 5.91 Å². The van der Waals surface area contributed by atoms with E-state index in [0.29, 0.717) is 17.4 Å². The van der Waals surface area contributed by atoms with Crippen LogP contribution in [0, 0.1) is 11.7 Å². The number of hydrogen-bond donors (Lipinski definition) is 1. The molecule has 0 radical (unpaired) electrons. The largest absolute Gasteiger partial charge is 0.352 e. The summed E-state index contributed by atoms with van der Waals surface area (Å²) < 4.78 is 13.3. The molecule has 1 aliphatic rings. The van der Waals surface area contributed by atoms with Crippen LogP contribution < -0.4 is 5.32 Å². The number of benzene rings is 1. The van der Waals surface area contributed by atoms with Crippen LogP contribution in [0.5, 0.6) is 0 Å². The zero-order valence-electron chi connectivity index (χ0n) is 16.0. The van der Waals surface area contributed by atoms with Crippen molar-refractivity contribution in [2.24, 2.45) is 5.92 Å². The monoisotopic (exact) mass is 370 g/mol. The van der Waals surface area contributed by atoms with Gasteiger partial charge in [-0.05, 0) is 63.1 Å². The van der Waals surface area contributed by atoms with Crippen molar-refractivity contribution in [3.63, 3.8) is 0 Å². The van der Waals surface area contributed by atoms with Crippen molar-refractivity contribution >= 4 is 11.9 Å². The summed E-state index contributed by atoms with van der Waals surface area (Å²) in [6.07, 6.45) is 7.08. The van der Waals surface area contributed by atoms with Gasteiger partial charge in [0.15, 0.2) is 0 Å². The van der Waals surface area contributed by atoms with Gasteiger partial charge in [-0.25, -0.2) is 14.4 Å². The summed E-state index contributed by atoms with van der Waals surface area (Å²) in [4.78, 5) is 23.1. The minimum absolute atomic E-state index is 0.0125. The van der Waals surface area contributed by atoms with Crippen LogP contribution in [0.3, 0.4) is 0 Å². The first kappa shape index (κ1) is 19.3. The lowest BCUT2D eigenvalue weighted by molar-refractivity contribution is 0.0667. The first-order valence-electron chi connectivity index (χ1n) is 9.63. The molecule has 3 rings (SSSR count). The van der Waals surface area contributed by atoms with E-state index in [2.05, 4.69) is 15.3 Å². The second kappa shape index (κ2) is 8.93. The molecular formula is C21H27FN4O. The van der Waals surface area contributed by atoms with Crippen molar-refractivity contribution < 1.29 is 9.18 Å². The van der Waals surface area contributed by atoms with E-state index in [1.807, 2.05) is 24.8 Å². The molecule has 2 heterocycles. The lowest BCUT2D eigenvalue weighted by Gasteiger charge is -2.33. The number of rotatable bonds is 6. The SMILES string of the molecule is CC(C)Nc1ncc(C(=O)N2CCCC(CCc3cccc(F)c3)C2)cn1. The number of halogens is 1. The van der Waals surface area contributed by atoms with Crippen molar-refractivity contribution in [1.29, 1.82) is 0 Å². The second-order valence-electron chi connectivity index (χ2n) is 7.52. The molecule has 27 heavy (non-hydrogen) atoms. The minimum Gasteiger partial charge on any atom is -0.352 e. The highest BCUT2D eigenvalue weighted by atomic mass is 19.1. The highest BCUT2D eigenvalue weighted by Gasteiger charge is 2.24. The highest BCUT2D eigenvalue weighted by Crippen LogP contribution is 2.23. The van der Waals surface area contributed by atoms with E-state index in [9.17, 15) is 9.18 Å². The predicted molar refractivity (Wildman–Crippen MR) is 104 cm³/mol. The molecule has 1 aliphatic heterocycles. The first-order chi connectivity index (χ1) is 13.0. The third-order valence-electron chi connectivity index (χ3n) is 4.85. The van der Waals surface area contributed by atoms with Gasteiger partial charge in [0.1, 0.15) is 5.82 Å². The summed E-state index contributed by atoms with van der Waals surface area (Å²) in [5.41, 5.74) is 1.54. The molecule has 0 saturated carbocycles. The van der Waals surface area contributed by atoms with E-state index in [4.69, 9.17) is 0 Å². The van der Waals surface area contributed by atoms with E-state index >= 15 is 0 Å². The minimum atomic E-state index is -0.191. The number of anilines is 1. The van der Waals surface area contributed by atoms with Gasteiger partial charge in [-0.15, -0.1) is 0 Å². The molecule has 5 nitrogen and oxygen atoms in total. The summed E-state index contributed by atoms with van der Waals surface area (Å²) in [6.45, 7) is 5.53. The Bertz CT molecular complexity index is 763. The van der Waals surface area contributed by atoms with Crippen molar-refractivity contribution in [3.05, 3.63) is 53.6 Å². The van der Waals surface area contributed by atoms with E-state index < -0.39 is 0 Å². The van der Waals surface area contributed by atoms with E-state index in [1.165, 1.54) is 6.07 Å². The number of amides is 1. The van der Waals surface area contributed by atoms with Gasteiger partial charge in [-0.2, -0.15) is 0 Å². The van der Waals surface area contributed by atoms with E-state index in [-0.39, 0.29) is 17.8 Å². The molecular weight excluding hydrogens is 343 g/mol. The lowest BCUT2D eigenvalue weighted by Crippen LogP contribution is -2.40. The van der Waals surface area contributed by atoms with Gasteiger partial charge < -0.3 is 10.2 Å². The number of aryl methyl sites for hydroxylation is 1. The third kappa shape index (κ3) is 5.49. The Hall–Kier alpha value is -2.50. The van der Waals surface area contributed by atoms with Crippen molar-refractivity contribution in [1.82, 2.24) is 14.9 Å². The molecule has 144 valence electrons. The molecule has 0 spiro atoms. The molecule has 1 amide bonds. The number of likely N-dealkylation sites (tertiary alicyclic amines) is 1. The van der Waals surface area contributed by atoms with Gasteiger partial charge in [-0.3, -0.25) is 4.79 Å². The molecule has 1 aromatic heterocycles. The van der Waals surface area contributed by atoms with Crippen LogP contribution in [0.15, 0.2) is 36.7 Å². The van der Waals surface area contributed by atoms with E-state index in [1.54, 1.807) is 24.5 Å². The first-order valence-corrected chi connectivity index (χ1v) is 9.63. The van der Waals surface area contributed by atoms with Crippen molar-refractivity contribution in [2.75, 3.05) is 18.4 Å². The summed E-state index contributed by atoms with van der Waals surface area (Å²) in [7, 11) is 0. The molecule has 2 aromatic rings. The smallest absolute Gasteiger partial charge is 0.257 e. The number of aromatic nitrogens is 2. The van der Waals surface area contributed by atoms with Crippen LogP contribution in [-0.2, 0) is 6.42 Å². The van der Waals surface area contributed by atoms with Gasteiger partial charge >= 0.3 is 0 Å². The fraction of sp³-hybridized carbons (Fsp3) is 0.476. The number of piperidine rings is 1. The molecule has 1 atom stereocenters. The summed E-state index contributed by atoms with van der Waals surface area (Å²) in [5, 5.41) is 3.12. The zero-order valence-corrected chi connectivity index (χ0v) is 16.0. The highest BCUT2D eigenvalue weighted by molar-refractivity contribution is 5.93. The Balaban J connectivity index is 1.56. The Morgan fingerprint density at radius 3 is 2.81 bits per heavy atom. The molecule has 0 aliphatic carbocycles.